The van der Waals surface area contributed by atoms with Gasteiger partial charge in [-0.15, -0.1) is 0 Å². The number of hydrogen-bond donors (Lipinski definition) is 1. The normalized spacial score (nSPS) is 34.8. The van der Waals surface area contributed by atoms with Crippen LogP contribution in [0.25, 0.3) is 0 Å². The van der Waals surface area contributed by atoms with Crippen molar-refractivity contribution in [2.24, 2.45) is 5.92 Å². The fourth-order valence-electron chi connectivity index (χ4n) is 3.01. The highest BCUT2D eigenvalue weighted by Crippen LogP contribution is 2.33. The minimum Gasteiger partial charge on any atom is -0.310 e. The van der Waals surface area contributed by atoms with Crippen LogP contribution in [-0.4, -0.2) is 43.6 Å². The van der Waals surface area contributed by atoms with E-state index in [1.165, 1.54) is 19.3 Å². The van der Waals surface area contributed by atoms with Gasteiger partial charge < -0.3 is 5.32 Å². The molecule has 2 saturated heterocycles. The molecule has 4 nitrogen and oxygen atoms in total. The molecule has 98 valence electrons. The molecule has 0 aromatic rings. The number of sulfonamides is 1. The number of nitrogens with zero attached hydrogens (tertiary/aromatic N) is 1. The maximum absolute atomic E-state index is 12.2. The van der Waals surface area contributed by atoms with Crippen LogP contribution in [-0.2, 0) is 10.0 Å². The van der Waals surface area contributed by atoms with Crippen LogP contribution < -0.4 is 5.32 Å². The maximum Gasteiger partial charge on any atom is 0.214 e. The zero-order chi connectivity index (χ0) is 11.9. The summed E-state index contributed by atoms with van der Waals surface area (Å²) in [6.07, 6.45) is 6.70. The summed E-state index contributed by atoms with van der Waals surface area (Å²) in [6, 6.07) is 0.960. The Hall–Kier alpha value is -0.130. The summed E-state index contributed by atoms with van der Waals surface area (Å²) in [4.78, 5) is 0. The monoisotopic (exact) mass is 258 g/mol. The molecule has 3 fully saturated rings. The second-order valence-electron chi connectivity index (χ2n) is 5.83. The summed E-state index contributed by atoms with van der Waals surface area (Å²) in [5.74, 6) is 1.07. The summed E-state index contributed by atoms with van der Waals surface area (Å²) >= 11 is 0. The van der Waals surface area contributed by atoms with Crippen molar-refractivity contribution in [3.05, 3.63) is 0 Å². The van der Waals surface area contributed by atoms with Gasteiger partial charge in [0.05, 0.1) is 5.75 Å². The molecule has 0 amide bonds. The highest BCUT2D eigenvalue weighted by molar-refractivity contribution is 7.89. The lowest BCUT2D eigenvalue weighted by atomic mass is 10.1. The third-order valence-electron chi connectivity index (χ3n) is 4.36. The van der Waals surface area contributed by atoms with Crippen LogP contribution in [0, 0.1) is 5.92 Å². The van der Waals surface area contributed by atoms with E-state index in [0.717, 1.165) is 25.8 Å². The van der Waals surface area contributed by atoms with Crippen molar-refractivity contribution >= 4 is 10.0 Å². The lowest BCUT2D eigenvalue weighted by Gasteiger charge is -2.23. The van der Waals surface area contributed by atoms with Crippen molar-refractivity contribution in [2.45, 2.75) is 50.6 Å². The van der Waals surface area contributed by atoms with Crippen molar-refractivity contribution in [3.8, 4) is 0 Å². The molecule has 0 aromatic heterocycles. The van der Waals surface area contributed by atoms with E-state index in [9.17, 15) is 8.42 Å². The van der Waals surface area contributed by atoms with E-state index in [-0.39, 0.29) is 0 Å². The summed E-state index contributed by atoms with van der Waals surface area (Å²) in [6.45, 7) is 1.42. The number of rotatable bonds is 4. The van der Waals surface area contributed by atoms with Gasteiger partial charge in [0, 0.05) is 25.2 Å². The molecule has 2 unspecified atom stereocenters. The Balaban J connectivity index is 1.61. The summed E-state index contributed by atoms with van der Waals surface area (Å²) in [5.41, 5.74) is 0. The summed E-state index contributed by atoms with van der Waals surface area (Å²) in [7, 11) is -2.99. The van der Waals surface area contributed by atoms with Gasteiger partial charge in [-0.25, -0.2) is 12.7 Å². The largest absolute Gasteiger partial charge is 0.310 e. The average molecular weight is 258 g/mol. The zero-order valence-electron chi connectivity index (χ0n) is 10.3. The van der Waals surface area contributed by atoms with Gasteiger partial charge in [0.15, 0.2) is 0 Å². The maximum atomic E-state index is 12.2. The van der Waals surface area contributed by atoms with E-state index in [4.69, 9.17) is 0 Å². The molecule has 2 atom stereocenters. The molecule has 1 saturated carbocycles. The van der Waals surface area contributed by atoms with Crippen LogP contribution in [0.1, 0.15) is 38.5 Å². The first-order valence-electron chi connectivity index (χ1n) is 6.87. The van der Waals surface area contributed by atoms with Gasteiger partial charge in [0.1, 0.15) is 0 Å². The number of fused-ring (bicyclic) bond motifs is 2. The Kier molecular flexibility index (Phi) is 3.17. The lowest BCUT2D eigenvalue weighted by molar-refractivity contribution is 0.382. The third-order valence-corrected chi connectivity index (χ3v) is 6.23. The first-order chi connectivity index (χ1) is 8.13. The Morgan fingerprint density at radius 3 is 2.59 bits per heavy atom. The predicted molar refractivity (Wildman–Crippen MR) is 67.3 cm³/mol. The van der Waals surface area contributed by atoms with Crippen molar-refractivity contribution in [3.63, 3.8) is 0 Å². The molecule has 2 heterocycles. The first-order valence-corrected chi connectivity index (χ1v) is 8.48. The molecule has 3 aliphatic rings. The summed E-state index contributed by atoms with van der Waals surface area (Å²) in [5, 5.41) is 3.53. The molecule has 0 radical (unpaired) electrons. The van der Waals surface area contributed by atoms with Gasteiger partial charge in [-0.1, -0.05) is 12.8 Å². The molecule has 0 aromatic carbocycles. The quantitative estimate of drug-likeness (QED) is 0.816. The minimum atomic E-state index is -2.99. The van der Waals surface area contributed by atoms with Gasteiger partial charge in [0.2, 0.25) is 10.0 Å². The molecular weight excluding hydrogens is 236 g/mol. The molecule has 2 bridgehead atoms. The first kappa shape index (κ1) is 11.9. The van der Waals surface area contributed by atoms with Crippen LogP contribution in [0.2, 0.25) is 0 Å². The second-order valence-corrected chi connectivity index (χ2v) is 7.92. The van der Waals surface area contributed by atoms with Crippen molar-refractivity contribution in [1.82, 2.24) is 9.62 Å². The molecule has 3 rings (SSSR count). The molecule has 1 aliphatic carbocycles. The van der Waals surface area contributed by atoms with Gasteiger partial charge in [-0.2, -0.15) is 0 Å². The second kappa shape index (κ2) is 4.52. The molecule has 5 heteroatoms. The van der Waals surface area contributed by atoms with E-state index in [2.05, 4.69) is 5.32 Å². The zero-order valence-corrected chi connectivity index (χ0v) is 11.1. The van der Waals surface area contributed by atoms with E-state index >= 15 is 0 Å². The Labute approximate surface area is 104 Å². The van der Waals surface area contributed by atoms with Gasteiger partial charge in [-0.3, -0.25) is 0 Å². The fraction of sp³-hybridized carbons (Fsp3) is 1.00. The Bertz CT molecular complexity index is 378. The third kappa shape index (κ3) is 2.83. The van der Waals surface area contributed by atoms with Gasteiger partial charge >= 0.3 is 0 Å². The number of nitrogens with one attached hydrogen (secondary N) is 1. The van der Waals surface area contributed by atoms with Crippen LogP contribution >= 0.6 is 0 Å². The molecular formula is C12H22N2O2S. The highest BCUT2D eigenvalue weighted by atomic mass is 32.2. The van der Waals surface area contributed by atoms with Crippen LogP contribution in [0.15, 0.2) is 0 Å². The fourth-order valence-corrected chi connectivity index (χ4v) is 4.69. The highest BCUT2D eigenvalue weighted by Gasteiger charge is 2.34. The molecule has 17 heavy (non-hydrogen) atoms. The summed E-state index contributed by atoms with van der Waals surface area (Å²) < 4.78 is 26.2. The Morgan fingerprint density at radius 1 is 1.06 bits per heavy atom. The average Bonchev–Trinajstić information content (AvgIpc) is 3.01. The predicted octanol–water partition coefficient (Wildman–Crippen LogP) is 0.943. The standard InChI is InChI=1S/C12H22N2O2S/c15-17(16,8-6-10-1-2-10)14-7-5-11-3-4-12(9-14)13-11/h10-13H,1-9H2. The molecule has 2 aliphatic heterocycles. The number of hydrogen-bond acceptors (Lipinski definition) is 3. The van der Waals surface area contributed by atoms with Crippen LogP contribution in [0.4, 0.5) is 0 Å². The lowest BCUT2D eigenvalue weighted by Crippen LogP contribution is -2.40. The van der Waals surface area contributed by atoms with Crippen LogP contribution in [0.5, 0.6) is 0 Å². The van der Waals surface area contributed by atoms with E-state index in [1.807, 2.05) is 0 Å². The SMILES string of the molecule is O=S(=O)(CCC1CC1)N1CCC2CCC(C1)N2. The van der Waals surface area contributed by atoms with Crippen LogP contribution in [0.3, 0.4) is 0 Å². The van der Waals surface area contributed by atoms with Crippen molar-refractivity contribution < 1.29 is 8.42 Å². The minimum absolute atomic E-state index is 0.370. The van der Waals surface area contributed by atoms with Crippen molar-refractivity contribution in [2.75, 3.05) is 18.8 Å². The Morgan fingerprint density at radius 2 is 1.82 bits per heavy atom. The van der Waals surface area contributed by atoms with E-state index in [1.54, 1.807) is 4.31 Å². The van der Waals surface area contributed by atoms with E-state index in [0.29, 0.717) is 30.3 Å². The topological polar surface area (TPSA) is 49.4 Å². The van der Waals surface area contributed by atoms with Gasteiger partial charge in [0.25, 0.3) is 0 Å². The van der Waals surface area contributed by atoms with E-state index < -0.39 is 10.0 Å². The smallest absolute Gasteiger partial charge is 0.214 e. The molecule has 1 N–H and O–H groups in total. The molecule has 0 spiro atoms. The van der Waals surface area contributed by atoms with Gasteiger partial charge in [-0.05, 0) is 31.6 Å². The van der Waals surface area contributed by atoms with Crippen molar-refractivity contribution in [1.29, 1.82) is 0 Å².